The van der Waals surface area contributed by atoms with Crippen molar-refractivity contribution in [1.29, 1.82) is 0 Å². The van der Waals surface area contributed by atoms with Gasteiger partial charge in [0.2, 0.25) is 5.95 Å². The van der Waals surface area contributed by atoms with Crippen molar-refractivity contribution in [3.8, 4) is 0 Å². The number of rotatable bonds is 6. The maximum absolute atomic E-state index is 11.1. The number of hydrogen-bond acceptors (Lipinski definition) is 9. The second kappa shape index (κ2) is 8.94. The summed E-state index contributed by atoms with van der Waals surface area (Å²) >= 11 is 1.61. The van der Waals surface area contributed by atoms with Crippen LogP contribution in [0.15, 0.2) is 42.0 Å². The van der Waals surface area contributed by atoms with Gasteiger partial charge in [-0.1, -0.05) is 12.5 Å². The van der Waals surface area contributed by atoms with Crippen molar-refractivity contribution in [3.05, 3.63) is 53.3 Å². The van der Waals surface area contributed by atoms with Gasteiger partial charge < -0.3 is 15.7 Å². The van der Waals surface area contributed by atoms with E-state index in [1.807, 2.05) is 36.6 Å². The van der Waals surface area contributed by atoms with E-state index in [-0.39, 0.29) is 6.04 Å². The molecule has 2 saturated heterocycles. The maximum Gasteiger partial charge on any atom is 0.226 e. The SMILES string of the molecule is Cc1cc(Nc2nc(NC3C[C@H]4CCC[C@@H](C3)N4C(O)c3cccnc3)nc3sccc23)n[nH]1. The standard InChI is InChI=1S/C24H28N8OS/c1-14-10-20(31-30-14)27-21-19-7-9-34-22(19)29-24(28-21)26-16-11-17-5-2-6-18(12-16)32(17)23(33)15-4-3-8-25-13-15/h3-4,7-10,13,16-18,23,33H,2,5-6,11-12H2,1H3,(H3,26,27,28,29,30,31)/t16?,17-,18+,23?. The summed E-state index contributed by atoms with van der Waals surface area (Å²) in [4.78, 5) is 17.0. The third-order valence-electron chi connectivity index (χ3n) is 6.91. The molecule has 2 aliphatic heterocycles. The summed E-state index contributed by atoms with van der Waals surface area (Å²) in [5, 5.41) is 28.4. The molecule has 2 fully saturated rings. The highest BCUT2D eigenvalue weighted by Gasteiger charge is 2.42. The van der Waals surface area contributed by atoms with E-state index in [0.29, 0.717) is 18.0 Å². The van der Waals surface area contributed by atoms with Crippen LogP contribution in [0.2, 0.25) is 0 Å². The van der Waals surface area contributed by atoms with Crippen LogP contribution in [-0.2, 0) is 0 Å². The summed E-state index contributed by atoms with van der Waals surface area (Å²) in [6.07, 6.45) is 8.16. The molecule has 4 aromatic heterocycles. The van der Waals surface area contributed by atoms with Gasteiger partial charge >= 0.3 is 0 Å². The Morgan fingerprint density at radius 1 is 1.21 bits per heavy atom. The molecule has 6 heterocycles. The van der Waals surface area contributed by atoms with Crippen molar-refractivity contribution >= 4 is 39.1 Å². The highest BCUT2D eigenvalue weighted by Crippen LogP contribution is 2.40. The molecule has 0 amide bonds. The third kappa shape index (κ3) is 4.13. The Hall–Kier alpha value is -3.08. The molecule has 4 aromatic rings. The lowest BCUT2D eigenvalue weighted by Crippen LogP contribution is -2.56. The number of fused-ring (bicyclic) bond motifs is 3. The molecule has 0 spiro atoms. The van der Waals surface area contributed by atoms with Crippen molar-refractivity contribution in [3.63, 3.8) is 0 Å². The van der Waals surface area contributed by atoms with Crippen molar-refractivity contribution in [2.24, 2.45) is 0 Å². The highest BCUT2D eigenvalue weighted by molar-refractivity contribution is 7.16. The molecule has 10 heteroatoms. The minimum Gasteiger partial charge on any atom is -0.374 e. The molecule has 0 aromatic carbocycles. The summed E-state index contributed by atoms with van der Waals surface area (Å²) in [5.41, 5.74) is 1.85. The highest BCUT2D eigenvalue weighted by atomic mass is 32.1. The number of aromatic nitrogens is 5. The van der Waals surface area contributed by atoms with Gasteiger partial charge in [-0.05, 0) is 50.1 Å². The van der Waals surface area contributed by atoms with Gasteiger partial charge in [-0.15, -0.1) is 11.3 Å². The average molecular weight is 477 g/mol. The molecule has 34 heavy (non-hydrogen) atoms. The molecule has 4 atom stereocenters. The molecule has 0 radical (unpaired) electrons. The summed E-state index contributed by atoms with van der Waals surface area (Å²) in [7, 11) is 0. The van der Waals surface area contributed by atoms with Crippen LogP contribution in [0.1, 0.15) is 49.6 Å². The first-order valence-electron chi connectivity index (χ1n) is 11.8. The second-order valence-electron chi connectivity index (χ2n) is 9.25. The summed E-state index contributed by atoms with van der Waals surface area (Å²) < 4.78 is 0. The lowest BCUT2D eigenvalue weighted by atomic mass is 9.81. The van der Waals surface area contributed by atoms with Crippen molar-refractivity contribution < 1.29 is 5.11 Å². The zero-order valence-corrected chi connectivity index (χ0v) is 19.8. The predicted molar refractivity (Wildman–Crippen MR) is 133 cm³/mol. The normalized spacial score (nSPS) is 23.6. The van der Waals surface area contributed by atoms with Crippen LogP contribution in [0, 0.1) is 6.92 Å². The molecule has 2 aliphatic rings. The van der Waals surface area contributed by atoms with Gasteiger partial charge in [0.05, 0.1) is 5.39 Å². The van der Waals surface area contributed by atoms with Gasteiger partial charge in [0.1, 0.15) is 16.9 Å². The summed E-state index contributed by atoms with van der Waals surface area (Å²) in [5.74, 6) is 2.13. The predicted octanol–water partition coefficient (Wildman–Crippen LogP) is 4.35. The van der Waals surface area contributed by atoms with Gasteiger partial charge in [0.15, 0.2) is 5.82 Å². The molecule has 4 N–H and O–H groups in total. The number of anilines is 3. The Kier molecular flexibility index (Phi) is 5.64. The van der Waals surface area contributed by atoms with Crippen molar-refractivity contribution in [1.82, 2.24) is 30.0 Å². The fourth-order valence-electron chi connectivity index (χ4n) is 5.44. The fraction of sp³-hybridized carbons (Fsp3) is 0.417. The van der Waals surface area contributed by atoms with Crippen LogP contribution in [0.5, 0.6) is 0 Å². The minimum atomic E-state index is -0.614. The second-order valence-corrected chi connectivity index (χ2v) is 10.1. The van der Waals surface area contributed by atoms with Gasteiger partial charge in [0, 0.05) is 47.8 Å². The fourth-order valence-corrected chi connectivity index (χ4v) is 6.20. The monoisotopic (exact) mass is 476 g/mol. The lowest BCUT2D eigenvalue weighted by molar-refractivity contribution is -0.0973. The van der Waals surface area contributed by atoms with E-state index >= 15 is 0 Å². The molecule has 9 nitrogen and oxygen atoms in total. The number of thiophene rings is 1. The molecule has 2 unspecified atom stereocenters. The van der Waals surface area contributed by atoms with Crippen LogP contribution in [0.3, 0.4) is 0 Å². The first-order valence-corrected chi connectivity index (χ1v) is 12.7. The number of hydrogen-bond donors (Lipinski definition) is 4. The van der Waals surface area contributed by atoms with Gasteiger partial charge in [0.25, 0.3) is 0 Å². The van der Waals surface area contributed by atoms with Gasteiger partial charge in [-0.25, -0.2) is 4.98 Å². The Morgan fingerprint density at radius 3 is 2.79 bits per heavy atom. The van der Waals surface area contributed by atoms with Crippen LogP contribution in [-0.4, -0.2) is 53.3 Å². The van der Waals surface area contributed by atoms with E-state index in [4.69, 9.17) is 9.97 Å². The number of aryl methyl sites for hydroxylation is 1. The zero-order valence-electron chi connectivity index (χ0n) is 19.0. The first kappa shape index (κ1) is 21.5. The van der Waals surface area contributed by atoms with E-state index in [2.05, 4.69) is 30.7 Å². The van der Waals surface area contributed by atoms with Crippen LogP contribution < -0.4 is 10.6 Å². The summed E-state index contributed by atoms with van der Waals surface area (Å²) in [6, 6.07) is 8.72. The van der Waals surface area contributed by atoms with E-state index in [1.54, 1.807) is 23.7 Å². The quantitative estimate of drug-likeness (QED) is 0.325. The van der Waals surface area contributed by atoms with Crippen molar-refractivity contribution in [2.45, 2.75) is 63.4 Å². The maximum atomic E-state index is 11.1. The van der Waals surface area contributed by atoms with Crippen LogP contribution >= 0.6 is 11.3 Å². The number of nitrogens with one attached hydrogen (secondary N) is 3. The molecular formula is C24H28N8OS. The molecule has 6 rings (SSSR count). The number of pyridine rings is 1. The van der Waals surface area contributed by atoms with E-state index in [9.17, 15) is 5.11 Å². The van der Waals surface area contributed by atoms with Crippen LogP contribution in [0.4, 0.5) is 17.6 Å². The average Bonchev–Trinajstić information content (AvgIpc) is 3.47. The molecular weight excluding hydrogens is 448 g/mol. The number of aliphatic hydroxyl groups excluding tert-OH is 1. The first-order chi connectivity index (χ1) is 16.6. The molecule has 0 saturated carbocycles. The topological polar surface area (TPSA) is 115 Å². The Labute approximate surface area is 201 Å². The van der Waals surface area contributed by atoms with Crippen LogP contribution in [0.25, 0.3) is 10.2 Å². The number of piperidine rings is 2. The Bertz CT molecular complexity index is 1260. The van der Waals surface area contributed by atoms with Gasteiger partial charge in [-0.2, -0.15) is 10.1 Å². The molecule has 0 aliphatic carbocycles. The zero-order chi connectivity index (χ0) is 23.1. The van der Waals surface area contributed by atoms with E-state index in [1.165, 1.54) is 6.42 Å². The van der Waals surface area contributed by atoms with Crippen molar-refractivity contribution in [2.75, 3.05) is 10.6 Å². The number of aromatic amines is 1. The number of nitrogens with zero attached hydrogens (tertiary/aromatic N) is 5. The van der Waals surface area contributed by atoms with E-state index < -0.39 is 6.23 Å². The van der Waals surface area contributed by atoms with E-state index in [0.717, 1.165) is 58.8 Å². The number of H-pyrrole nitrogens is 1. The minimum absolute atomic E-state index is 0.255. The lowest BCUT2D eigenvalue weighted by Gasteiger charge is -2.50. The third-order valence-corrected chi connectivity index (χ3v) is 7.71. The summed E-state index contributed by atoms with van der Waals surface area (Å²) in [6.45, 7) is 1.97. The molecule has 176 valence electrons. The Balaban J connectivity index is 1.22. The van der Waals surface area contributed by atoms with Gasteiger partial charge in [-0.3, -0.25) is 15.0 Å². The largest absolute Gasteiger partial charge is 0.374 e. The smallest absolute Gasteiger partial charge is 0.226 e. The molecule has 2 bridgehead atoms. The number of aliphatic hydroxyl groups is 1. The Morgan fingerprint density at radius 2 is 2.06 bits per heavy atom.